The van der Waals surface area contributed by atoms with Crippen molar-refractivity contribution in [3.8, 4) is 0 Å². The number of likely N-dealkylation sites (tertiary alicyclic amines) is 1. The molecular weight excluding hydrogens is 425 g/mol. The number of hydrogen-bond acceptors (Lipinski definition) is 4. The Morgan fingerprint density at radius 3 is 2.73 bits per heavy atom. The summed E-state index contributed by atoms with van der Waals surface area (Å²) < 4.78 is 15.1. The molecule has 9 heteroatoms. The molecule has 2 aliphatic heterocycles. The molecule has 1 N–H and O–H groups in total. The van der Waals surface area contributed by atoms with Gasteiger partial charge in [-0.3, -0.25) is 14.4 Å². The van der Waals surface area contributed by atoms with E-state index in [1.165, 1.54) is 12.1 Å². The lowest BCUT2D eigenvalue weighted by molar-refractivity contribution is -0.131. The zero-order chi connectivity index (χ0) is 22.9. The fraction of sp³-hybridized carbons (Fsp3) is 0.333. The molecular formula is C24H24FN5O3. The molecule has 1 aromatic carbocycles. The molecule has 8 nitrogen and oxygen atoms in total. The lowest BCUT2D eigenvalue weighted by atomic mass is 9.95. The molecule has 0 aliphatic carbocycles. The molecule has 2 aromatic heterocycles. The highest BCUT2D eigenvalue weighted by atomic mass is 19.1. The van der Waals surface area contributed by atoms with Crippen LogP contribution < -0.4 is 5.56 Å². The number of benzene rings is 1. The summed E-state index contributed by atoms with van der Waals surface area (Å²) in [5.41, 5.74) is 2.04. The van der Waals surface area contributed by atoms with E-state index in [1.807, 2.05) is 10.8 Å². The number of nitrogens with one attached hydrogen (secondary N) is 1. The first-order chi connectivity index (χ1) is 16.0. The number of imidazole rings is 1. The molecule has 0 saturated carbocycles. The maximum absolute atomic E-state index is 13.3. The van der Waals surface area contributed by atoms with Crippen molar-refractivity contribution in [1.29, 1.82) is 0 Å². The van der Waals surface area contributed by atoms with E-state index in [0.717, 1.165) is 23.1 Å². The van der Waals surface area contributed by atoms with Gasteiger partial charge in [-0.2, -0.15) is 0 Å². The van der Waals surface area contributed by atoms with E-state index in [1.54, 1.807) is 40.7 Å². The normalized spacial score (nSPS) is 17.8. The predicted octanol–water partition coefficient (Wildman–Crippen LogP) is 1.93. The number of pyridine rings is 1. The van der Waals surface area contributed by atoms with Gasteiger partial charge in [-0.05, 0) is 41.7 Å². The molecule has 170 valence electrons. The summed E-state index contributed by atoms with van der Waals surface area (Å²) in [7, 11) is 0. The highest BCUT2D eigenvalue weighted by molar-refractivity contribution is 5.96. The van der Waals surface area contributed by atoms with E-state index in [0.29, 0.717) is 32.6 Å². The van der Waals surface area contributed by atoms with Gasteiger partial charge in [0.1, 0.15) is 11.4 Å². The predicted molar refractivity (Wildman–Crippen MR) is 118 cm³/mol. The molecule has 1 saturated heterocycles. The van der Waals surface area contributed by atoms with E-state index >= 15 is 0 Å². The van der Waals surface area contributed by atoms with Crippen LogP contribution in [0.3, 0.4) is 0 Å². The smallest absolute Gasteiger partial charge is 0.261 e. The molecule has 2 aliphatic rings. The first kappa shape index (κ1) is 21.1. The summed E-state index contributed by atoms with van der Waals surface area (Å²) >= 11 is 0. The average molecular weight is 449 g/mol. The van der Waals surface area contributed by atoms with Gasteiger partial charge in [-0.15, -0.1) is 0 Å². The molecule has 3 aromatic rings. The van der Waals surface area contributed by atoms with Crippen molar-refractivity contribution in [3.05, 3.63) is 87.6 Å². The van der Waals surface area contributed by atoms with Crippen LogP contribution in [-0.2, 0) is 24.2 Å². The average Bonchev–Trinajstić information content (AvgIpc) is 3.52. The van der Waals surface area contributed by atoms with Crippen LogP contribution in [0.5, 0.6) is 0 Å². The molecule has 4 heterocycles. The quantitative estimate of drug-likeness (QED) is 0.659. The second kappa shape index (κ2) is 8.65. The van der Waals surface area contributed by atoms with Gasteiger partial charge in [0.15, 0.2) is 0 Å². The van der Waals surface area contributed by atoms with Crippen LogP contribution in [0.1, 0.15) is 39.5 Å². The summed E-state index contributed by atoms with van der Waals surface area (Å²) in [4.78, 5) is 48.9. The number of aromatic nitrogens is 3. The Balaban J connectivity index is 1.32. The standard InChI is InChI=1S/C24H24FN5O3/c25-18-3-1-16(2-4-18)11-21(31)28-9-6-20-17(13-28)12-27-23(32)22(20)24(33)29-8-5-19(14-29)30-10-7-26-15-30/h1-4,7,10,12,15,19H,5-6,8-9,11,13-14H2,(H,27,32). The number of amides is 2. The Morgan fingerprint density at radius 1 is 1.15 bits per heavy atom. The molecule has 1 unspecified atom stereocenters. The van der Waals surface area contributed by atoms with Crippen molar-refractivity contribution >= 4 is 11.8 Å². The van der Waals surface area contributed by atoms with E-state index in [9.17, 15) is 18.8 Å². The molecule has 5 rings (SSSR count). The van der Waals surface area contributed by atoms with Gasteiger partial charge >= 0.3 is 0 Å². The van der Waals surface area contributed by atoms with E-state index in [-0.39, 0.29) is 35.7 Å². The van der Waals surface area contributed by atoms with Gasteiger partial charge in [-0.1, -0.05) is 12.1 Å². The lowest BCUT2D eigenvalue weighted by Crippen LogP contribution is -2.41. The van der Waals surface area contributed by atoms with Crippen LogP contribution in [0.25, 0.3) is 0 Å². The number of hydrogen-bond donors (Lipinski definition) is 1. The van der Waals surface area contributed by atoms with E-state index < -0.39 is 5.56 Å². The molecule has 0 radical (unpaired) electrons. The van der Waals surface area contributed by atoms with Crippen molar-refractivity contribution in [2.24, 2.45) is 0 Å². The van der Waals surface area contributed by atoms with Crippen LogP contribution in [0.4, 0.5) is 4.39 Å². The zero-order valence-corrected chi connectivity index (χ0v) is 18.0. The minimum absolute atomic E-state index is 0.0750. The summed E-state index contributed by atoms with van der Waals surface area (Å²) in [5.74, 6) is -0.676. The van der Waals surface area contributed by atoms with Gasteiger partial charge in [0, 0.05) is 44.8 Å². The highest BCUT2D eigenvalue weighted by Crippen LogP contribution is 2.26. The van der Waals surface area contributed by atoms with Crippen LogP contribution in [0, 0.1) is 5.82 Å². The second-order valence-corrected chi connectivity index (χ2v) is 8.57. The Kier molecular flexibility index (Phi) is 5.53. The summed E-state index contributed by atoms with van der Waals surface area (Å²) in [6.07, 6.45) is 8.36. The lowest BCUT2D eigenvalue weighted by Gasteiger charge is -2.30. The maximum Gasteiger partial charge on any atom is 0.261 e. The number of carbonyl (C=O) groups is 2. The van der Waals surface area contributed by atoms with Crippen molar-refractivity contribution < 1.29 is 14.0 Å². The maximum atomic E-state index is 13.3. The van der Waals surface area contributed by atoms with Crippen LogP contribution in [-0.4, -0.2) is 55.8 Å². The van der Waals surface area contributed by atoms with Gasteiger partial charge in [0.2, 0.25) is 5.91 Å². The minimum atomic E-state index is -0.393. The fourth-order valence-electron chi connectivity index (χ4n) is 4.71. The number of halogens is 1. The van der Waals surface area contributed by atoms with Crippen LogP contribution in [0.15, 0.2) is 54.0 Å². The molecule has 1 atom stereocenters. The third-order valence-electron chi connectivity index (χ3n) is 6.52. The van der Waals surface area contributed by atoms with Crippen LogP contribution >= 0.6 is 0 Å². The number of H-pyrrole nitrogens is 1. The summed E-state index contributed by atoms with van der Waals surface area (Å²) in [6.45, 7) is 1.85. The second-order valence-electron chi connectivity index (χ2n) is 8.57. The summed E-state index contributed by atoms with van der Waals surface area (Å²) in [6, 6.07) is 6.03. The van der Waals surface area contributed by atoms with Crippen molar-refractivity contribution in [3.63, 3.8) is 0 Å². The first-order valence-electron chi connectivity index (χ1n) is 11.0. The zero-order valence-electron chi connectivity index (χ0n) is 18.0. The highest BCUT2D eigenvalue weighted by Gasteiger charge is 2.33. The van der Waals surface area contributed by atoms with Gasteiger partial charge in [0.05, 0.1) is 18.8 Å². The van der Waals surface area contributed by atoms with E-state index in [2.05, 4.69) is 9.97 Å². The Hall–Kier alpha value is -3.75. The topological polar surface area (TPSA) is 91.3 Å². The van der Waals surface area contributed by atoms with E-state index in [4.69, 9.17) is 0 Å². The van der Waals surface area contributed by atoms with Crippen molar-refractivity contribution in [1.82, 2.24) is 24.3 Å². The molecule has 33 heavy (non-hydrogen) atoms. The number of nitrogens with zero attached hydrogens (tertiary/aromatic N) is 4. The number of fused-ring (bicyclic) bond motifs is 1. The SMILES string of the molecule is O=C(Cc1ccc(F)cc1)N1CCc2c(c[nH]c(=O)c2C(=O)N2CCC(n3ccnc3)C2)C1. The molecule has 0 bridgehead atoms. The van der Waals surface area contributed by atoms with Gasteiger partial charge in [0.25, 0.3) is 11.5 Å². The first-order valence-corrected chi connectivity index (χ1v) is 11.0. The Morgan fingerprint density at radius 2 is 1.97 bits per heavy atom. The third-order valence-corrected chi connectivity index (χ3v) is 6.52. The minimum Gasteiger partial charge on any atom is -0.338 e. The van der Waals surface area contributed by atoms with Crippen molar-refractivity contribution in [2.75, 3.05) is 19.6 Å². The molecule has 2 amide bonds. The van der Waals surface area contributed by atoms with Crippen molar-refractivity contribution in [2.45, 2.75) is 31.8 Å². The number of carbonyl (C=O) groups excluding carboxylic acids is 2. The monoisotopic (exact) mass is 449 g/mol. The Bertz CT molecular complexity index is 1240. The van der Waals surface area contributed by atoms with Crippen LogP contribution in [0.2, 0.25) is 0 Å². The van der Waals surface area contributed by atoms with Gasteiger partial charge in [-0.25, -0.2) is 9.37 Å². The number of rotatable bonds is 4. The largest absolute Gasteiger partial charge is 0.338 e. The Labute approximate surface area is 189 Å². The molecule has 0 spiro atoms. The summed E-state index contributed by atoms with van der Waals surface area (Å²) in [5, 5.41) is 0. The molecule has 1 fully saturated rings. The fourth-order valence-corrected chi connectivity index (χ4v) is 4.71. The van der Waals surface area contributed by atoms with Gasteiger partial charge < -0.3 is 19.4 Å². The third kappa shape index (κ3) is 4.18. The number of aromatic amines is 1.